The Bertz CT molecular complexity index is 1220. The number of carbonyl (C=O) groups is 1. The molecule has 1 aliphatic heterocycles. The molecule has 0 spiro atoms. The topological polar surface area (TPSA) is 82.6 Å². The molecule has 7 nitrogen and oxygen atoms in total. The first kappa shape index (κ1) is 23.6. The SMILES string of the molecule is CCNS(=O)(=O)c1ccc(C)c(C(=O)N2CCN(Cc3csc(-c4ccccc4)n3)CC2)c1. The number of aromatic nitrogens is 1. The van der Waals surface area contributed by atoms with E-state index >= 15 is 0 Å². The van der Waals surface area contributed by atoms with Crippen molar-refractivity contribution in [2.24, 2.45) is 0 Å². The van der Waals surface area contributed by atoms with Crippen molar-refractivity contribution in [2.75, 3.05) is 32.7 Å². The summed E-state index contributed by atoms with van der Waals surface area (Å²) in [4.78, 5) is 22.2. The first-order valence-electron chi connectivity index (χ1n) is 11.0. The van der Waals surface area contributed by atoms with Crippen LogP contribution in [0.2, 0.25) is 0 Å². The molecule has 0 radical (unpaired) electrons. The number of benzene rings is 2. The van der Waals surface area contributed by atoms with Crippen LogP contribution in [0.25, 0.3) is 10.6 Å². The van der Waals surface area contributed by atoms with E-state index in [1.54, 1.807) is 35.3 Å². The second-order valence-corrected chi connectivity index (χ2v) is 10.7. The maximum absolute atomic E-state index is 13.2. The summed E-state index contributed by atoms with van der Waals surface area (Å²) in [6.45, 7) is 7.30. The smallest absolute Gasteiger partial charge is 0.254 e. The zero-order valence-corrected chi connectivity index (χ0v) is 20.5. The standard InChI is InChI=1S/C24H28N4O3S2/c1-3-25-33(30,31)21-10-9-18(2)22(15-21)24(29)28-13-11-27(12-14-28)16-20-17-32-23(26-20)19-7-5-4-6-8-19/h4-10,15,17,25H,3,11-14,16H2,1-2H3. The second-order valence-electron chi connectivity index (χ2n) is 8.06. The average molecular weight is 485 g/mol. The molecule has 0 unspecified atom stereocenters. The molecule has 33 heavy (non-hydrogen) atoms. The molecule has 4 rings (SSSR count). The number of aryl methyl sites for hydroxylation is 1. The van der Waals surface area contributed by atoms with Crippen LogP contribution in [0.5, 0.6) is 0 Å². The van der Waals surface area contributed by atoms with Gasteiger partial charge in [0.05, 0.1) is 10.6 Å². The van der Waals surface area contributed by atoms with Crippen LogP contribution in [0.3, 0.4) is 0 Å². The molecule has 2 aromatic carbocycles. The predicted octanol–water partition coefficient (Wildman–Crippen LogP) is 3.37. The molecule has 2 heterocycles. The van der Waals surface area contributed by atoms with Crippen molar-refractivity contribution in [3.63, 3.8) is 0 Å². The van der Waals surface area contributed by atoms with Gasteiger partial charge in [0.2, 0.25) is 10.0 Å². The van der Waals surface area contributed by atoms with Gasteiger partial charge in [-0.3, -0.25) is 9.69 Å². The van der Waals surface area contributed by atoms with Crippen molar-refractivity contribution in [1.29, 1.82) is 0 Å². The van der Waals surface area contributed by atoms with Gasteiger partial charge in [-0.05, 0) is 24.6 Å². The molecular formula is C24H28N4O3S2. The minimum absolute atomic E-state index is 0.120. The number of nitrogens with one attached hydrogen (secondary N) is 1. The maximum Gasteiger partial charge on any atom is 0.254 e. The molecule has 0 aliphatic carbocycles. The Morgan fingerprint density at radius 3 is 2.52 bits per heavy atom. The summed E-state index contributed by atoms with van der Waals surface area (Å²) in [6, 6.07) is 14.9. The fourth-order valence-electron chi connectivity index (χ4n) is 3.87. The lowest BCUT2D eigenvalue weighted by Crippen LogP contribution is -2.48. The molecule has 174 valence electrons. The van der Waals surface area contributed by atoms with Crippen LogP contribution in [0.4, 0.5) is 0 Å². The van der Waals surface area contributed by atoms with Crippen molar-refractivity contribution in [2.45, 2.75) is 25.3 Å². The van der Waals surface area contributed by atoms with Gasteiger partial charge in [-0.2, -0.15) is 0 Å². The lowest BCUT2D eigenvalue weighted by atomic mass is 10.1. The van der Waals surface area contributed by atoms with Gasteiger partial charge in [0.15, 0.2) is 0 Å². The zero-order chi connectivity index (χ0) is 23.4. The largest absolute Gasteiger partial charge is 0.336 e. The highest BCUT2D eigenvalue weighted by atomic mass is 32.2. The fourth-order valence-corrected chi connectivity index (χ4v) is 5.76. The third kappa shape index (κ3) is 5.50. The lowest BCUT2D eigenvalue weighted by molar-refractivity contribution is 0.0626. The zero-order valence-electron chi connectivity index (χ0n) is 18.8. The van der Waals surface area contributed by atoms with Crippen LogP contribution in [0.1, 0.15) is 28.5 Å². The van der Waals surface area contributed by atoms with Crippen molar-refractivity contribution in [3.05, 3.63) is 70.7 Å². The van der Waals surface area contributed by atoms with E-state index in [0.717, 1.165) is 41.5 Å². The van der Waals surface area contributed by atoms with Gasteiger partial charge in [-0.25, -0.2) is 18.1 Å². The average Bonchev–Trinajstić information content (AvgIpc) is 3.28. The minimum atomic E-state index is -3.61. The van der Waals surface area contributed by atoms with Gasteiger partial charge in [0.1, 0.15) is 5.01 Å². The fraction of sp³-hybridized carbons (Fsp3) is 0.333. The monoisotopic (exact) mass is 484 g/mol. The molecule has 1 saturated heterocycles. The lowest BCUT2D eigenvalue weighted by Gasteiger charge is -2.34. The Hall–Kier alpha value is -2.59. The Labute approximate surface area is 199 Å². The minimum Gasteiger partial charge on any atom is -0.336 e. The highest BCUT2D eigenvalue weighted by Crippen LogP contribution is 2.24. The molecule has 1 N–H and O–H groups in total. The number of carbonyl (C=O) groups excluding carboxylic acids is 1. The molecule has 0 saturated carbocycles. The summed E-state index contributed by atoms with van der Waals surface area (Å²) in [5.41, 5.74) is 3.37. The van der Waals surface area contributed by atoms with Gasteiger partial charge in [0, 0.05) is 55.8 Å². The molecular weight excluding hydrogens is 456 g/mol. The first-order chi connectivity index (χ1) is 15.9. The van der Waals surface area contributed by atoms with Crippen LogP contribution in [-0.2, 0) is 16.6 Å². The summed E-state index contributed by atoms with van der Waals surface area (Å²) in [5.74, 6) is -0.124. The molecule has 0 bridgehead atoms. The highest BCUT2D eigenvalue weighted by Gasteiger charge is 2.25. The van der Waals surface area contributed by atoms with Gasteiger partial charge in [-0.15, -0.1) is 11.3 Å². The quantitative estimate of drug-likeness (QED) is 0.556. The van der Waals surface area contributed by atoms with E-state index in [0.29, 0.717) is 25.2 Å². The maximum atomic E-state index is 13.2. The number of hydrogen-bond acceptors (Lipinski definition) is 6. The molecule has 1 aliphatic rings. The van der Waals surface area contributed by atoms with Crippen LogP contribution in [0.15, 0.2) is 58.8 Å². The van der Waals surface area contributed by atoms with Crippen molar-refractivity contribution in [1.82, 2.24) is 19.5 Å². The normalized spacial score (nSPS) is 15.0. The third-order valence-electron chi connectivity index (χ3n) is 5.70. The van der Waals surface area contributed by atoms with Crippen LogP contribution in [0, 0.1) is 6.92 Å². The number of rotatable bonds is 7. The van der Waals surface area contributed by atoms with Crippen LogP contribution < -0.4 is 4.72 Å². The van der Waals surface area contributed by atoms with Crippen LogP contribution in [-0.4, -0.2) is 61.8 Å². The Balaban J connectivity index is 1.38. The van der Waals surface area contributed by atoms with E-state index in [4.69, 9.17) is 4.98 Å². The van der Waals surface area contributed by atoms with Gasteiger partial charge in [-0.1, -0.05) is 43.3 Å². The molecule has 1 fully saturated rings. The van der Waals surface area contributed by atoms with Crippen molar-refractivity contribution >= 4 is 27.3 Å². The number of nitrogens with zero attached hydrogens (tertiary/aromatic N) is 3. The van der Waals surface area contributed by atoms with E-state index < -0.39 is 10.0 Å². The molecule has 1 amide bonds. The molecule has 0 atom stereocenters. The van der Waals surface area contributed by atoms with E-state index in [1.807, 2.05) is 25.1 Å². The predicted molar refractivity (Wildman–Crippen MR) is 131 cm³/mol. The van der Waals surface area contributed by atoms with E-state index in [-0.39, 0.29) is 10.8 Å². The summed E-state index contributed by atoms with van der Waals surface area (Å²) < 4.78 is 27.2. The Kier molecular flexibility index (Phi) is 7.23. The Morgan fingerprint density at radius 1 is 1.09 bits per heavy atom. The molecule has 3 aromatic rings. The van der Waals surface area contributed by atoms with Gasteiger partial charge in [0.25, 0.3) is 5.91 Å². The summed E-state index contributed by atoms with van der Waals surface area (Å²) in [5, 5.41) is 3.11. The number of sulfonamides is 1. The second kappa shape index (κ2) is 10.1. The number of thiazole rings is 1. The van der Waals surface area contributed by atoms with Gasteiger partial charge < -0.3 is 4.90 Å². The third-order valence-corrected chi connectivity index (χ3v) is 8.19. The molecule has 1 aromatic heterocycles. The van der Waals surface area contributed by atoms with E-state index in [9.17, 15) is 13.2 Å². The Morgan fingerprint density at radius 2 is 1.82 bits per heavy atom. The van der Waals surface area contributed by atoms with Crippen LogP contribution >= 0.6 is 11.3 Å². The number of amides is 1. The first-order valence-corrected chi connectivity index (χ1v) is 13.4. The van der Waals surface area contributed by atoms with Crippen molar-refractivity contribution in [3.8, 4) is 10.6 Å². The van der Waals surface area contributed by atoms with Gasteiger partial charge >= 0.3 is 0 Å². The summed E-state index contributed by atoms with van der Waals surface area (Å²) in [7, 11) is -3.61. The van der Waals surface area contributed by atoms with E-state index in [2.05, 4.69) is 27.1 Å². The van der Waals surface area contributed by atoms with E-state index in [1.165, 1.54) is 6.07 Å². The molecule has 9 heteroatoms. The number of piperazine rings is 1. The number of hydrogen-bond donors (Lipinski definition) is 1. The van der Waals surface area contributed by atoms with Crippen molar-refractivity contribution < 1.29 is 13.2 Å². The summed E-state index contributed by atoms with van der Waals surface area (Å²) >= 11 is 1.65. The summed E-state index contributed by atoms with van der Waals surface area (Å²) in [6.07, 6.45) is 0. The highest BCUT2D eigenvalue weighted by molar-refractivity contribution is 7.89.